The molecule has 5 amide bonds. The number of halogens is 2. The zero-order valence-electron chi connectivity index (χ0n) is 21.2. The highest BCUT2D eigenvalue weighted by atomic mass is 35.5. The molecule has 0 unspecified atom stereocenters. The van der Waals surface area contributed by atoms with Gasteiger partial charge in [0.15, 0.2) is 5.82 Å². The summed E-state index contributed by atoms with van der Waals surface area (Å²) in [7, 11) is 0. The fraction of sp³-hybridized carbons (Fsp3) is 0.440. The van der Waals surface area contributed by atoms with Crippen molar-refractivity contribution in [2.75, 3.05) is 36.5 Å². The molecule has 4 rings (SSSR count). The summed E-state index contributed by atoms with van der Waals surface area (Å²) < 4.78 is 26.0. The van der Waals surface area contributed by atoms with Crippen LogP contribution in [0.2, 0.25) is 5.02 Å². The minimum absolute atomic E-state index is 0.0105. The third kappa shape index (κ3) is 5.91. The molecule has 1 aromatic carbocycles. The van der Waals surface area contributed by atoms with Crippen molar-refractivity contribution in [3.8, 4) is 11.5 Å². The monoisotopic (exact) mass is 549 g/mol. The van der Waals surface area contributed by atoms with Crippen LogP contribution >= 0.6 is 11.6 Å². The summed E-state index contributed by atoms with van der Waals surface area (Å²) in [5.41, 5.74) is -0.996. The fourth-order valence-corrected chi connectivity index (χ4v) is 4.61. The molecule has 2 saturated heterocycles. The maximum absolute atomic E-state index is 14.9. The number of carboxylic acid groups (broad SMARTS) is 1. The topological polar surface area (TPSA) is 125 Å². The van der Waals surface area contributed by atoms with E-state index in [4.69, 9.17) is 21.1 Å². The molecular weight excluding hydrogens is 521 g/mol. The summed E-state index contributed by atoms with van der Waals surface area (Å²) in [4.78, 5) is 45.2. The Kier molecular flexibility index (Phi) is 7.93. The molecule has 0 atom stereocenters. The number of aromatic nitrogens is 1. The summed E-state index contributed by atoms with van der Waals surface area (Å²) in [6.07, 6.45) is 1.58. The van der Waals surface area contributed by atoms with Crippen LogP contribution in [0.25, 0.3) is 0 Å². The lowest BCUT2D eigenvalue weighted by atomic mass is 10.1. The van der Waals surface area contributed by atoms with Crippen molar-refractivity contribution in [3.63, 3.8) is 0 Å². The number of anilines is 2. The molecular formula is C25H29ClFN5O6. The largest absolute Gasteiger partial charge is 0.465 e. The van der Waals surface area contributed by atoms with E-state index in [1.807, 2.05) is 0 Å². The zero-order valence-corrected chi connectivity index (χ0v) is 22.0. The molecule has 0 spiro atoms. The molecule has 204 valence electrons. The average Bonchev–Trinajstić information content (AvgIpc) is 3.23. The molecule has 0 saturated carbocycles. The molecule has 3 heterocycles. The van der Waals surface area contributed by atoms with Crippen LogP contribution < -0.4 is 15.0 Å². The number of hydrogen-bond acceptors (Lipinski definition) is 6. The van der Waals surface area contributed by atoms with Gasteiger partial charge in [-0.2, -0.15) is 0 Å². The Balaban J connectivity index is 1.46. The molecule has 13 heteroatoms. The van der Waals surface area contributed by atoms with Gasteiger partial charge in [-0.25, -0.2) is 28.7 Å². The number of imide groups is 1. The van der Waals surface area contributed by atoms with Crippen LogP contribution in [0.1, 0.15) is 33.6 Å². The second-order valence-corrected chi connectivity index (χ2v) is 10.3. The molecule has 2 N–H and O–H groups in total. The van der Waals surface area contributed by atoms with Gasteiger partial charge < -0.3 is 24.8 Å². The van der Waals surface area contributed by atoms with Gasteiger partial charge in [0.1, 0.15) is 17.3 Å². The van der Waals surface area contributed by atoms with Crippen LogP contribution in [0.3, 0.4) is 0 Å². The molecule has 11 nitrogen and oxygen atoms in total. The maximum Gasteiger partial charge on any atom is 0.413 e. The van der Waals surface area contributed by atoms with Crippen LogP contribution in [0.4, 0.5) is 30.3 Å². The average molecular weight is 550 g/mol. The first kappa shape index (κ1) is 27.4. The first-order chi connectivity index (χ1) is 18.0. The number of ether oxygens (including phenoxy) is 2. The SMILES string of the molecule is CC(C)(C)N(C(=O)O)c1cc(Oc2cc(F)c(NC(=O)N3CCN(C4CCOCC4)C3=O)cc2Cl)ccn1. The first-order valence-electron chi connectivity index (χ1n) is 12.1. The van der Waals surface area contributed by atoms with Crippen molar-refractivity contribution in [1.29, 1.82) is 0 Å². The number of pyridine rings is 1. The van der Waals surface area contributed by atoms with Gasteiger partial charge in [0.05, 0.1) is 10.7 Å². The second-order valence-electron chi connectivity index (χ2n) is 9.90. The Bertz CT molecular complexity index is 1230. The predicted octanol–water partition coefficient (Wildman–Crippen LogP) is 5.40. The minimum Gasteiger partial charge on any atom is -0.465 e. The van der Waals surface area contributed by atoms with Crippen LogP contribution in [0.15, 0.2) is 30.5 Å². The molecule has 1 aromatic heterocycles. The number of benzene rings is 1. The van der Waals surface area contributed by atoms with Crippen molar-refractivity contribution in [2.45, 2.75) is 45.2 Å². The lowest BCUT2D eigenvalue weighted by molar-refractivity contribution is 0.0510. The standard InChI is InChI=1S/C25H29ClFN5O6/c1-25(2,3)32(24(35)36)21-12-16(4-7-28-21)38-20-14-18(27)19(13-17(20)26)29-22(33)31-9-8-30(23(31)34)15-5-10-37-11-6-15/h4,7,12-15H,5-6,8-11H2,1-3H3,(H,29,33)(H,35,36). The Morgan fingerprint density at radius 2 is 1.95 bits per heavy atom. The van der Waals surface area contributed by atoms with Crippen LogP contribution in [-0.4, -0.2) is 75.9 Å². The highest BCUT2D eigenvalue weighted by Gasteiger charge is 2.38. The number of nitrogens with one attached hydrogen (secondary N) is 1. The van der Waals surface area contributed by atoms with Gasteiger partial charge in [-0.3, -0.25) is 4.90 Å². The Labute approximate surface area is 224 Å². The van der Waals surface area contributed by atoms with E-state index in [0.29, 0.717) is 32.6 Å². The van der Waals surface area contributed by atoms with Crippen LogP contribution in [0.5, 0.6) is 11.5 Å². The summed E-state index contributed by atoms with van der Waals surface area (Å²) >= 11 is 6.31. The van der Waals surface area contributed by atoms with Crippen LogP contribution in [-0.2, 0) is 4.74 Å². The van der Waals surface area contributed by atoms with Crippen molar-refractivity contribution in [3.05, 3.63) is 41.3 Å². The molecule has 38 heavy (non-hydrogen) atoms. The molecule has 0 aliphatic carbocycles. The van der Waals surface area contributed by atoms with Crippen molar-refractivity contribution < 1.29 is 33.4 Å². The number of rotatable bonds is 5. The normalized spacial score (nSPS) is 16.5. The van der Waals surface area contributed by atoms with E-state index < -0.39 is 29.5 Å². The lowest BCUT2D eigenvalue weighted by Crippen LogP contribution is -2.45. The quantitative estimate of drug-likeness (QED) is 0.511. The molecule has 0 radical (unpaired) electrons. The van der Waals surface area contributed by atoms with Gasteiger partial charge in [0.25, 0.3) is 0 Å². The maximum atomic E-state index is 14.9. The van der Waals surface area contributed by atoms with Gasteiger partial charge >= 0.3 is 18.2 Å². The Morgan fingerprint density at radius 1 is 1.24 bits per heavy atom. The zero-order chi connectivity index (χ0) is 27.6. The van der Waals surface area contributed by atoms with E-state index in [-0.39, 0.29) is 40.6 Å². The molecule has 2 aliphatic rings. The highest BCUT2D eigenvalue weighted by Crippen LogP contribution is 2.35. The van der Waals surface area contributed by atoms with E-state index in [2.05, 4.69) is 10.3 Å². The van der Waals surface area contributed by atoms with E-state index in [1.165, 1.54) is 24.4 Å². The Morgan fingerprint density at radius 3 is 2.61 bits per heavy atom. The number of amides is 5. The number of carbonyl (C=O) groups excluding carboxylic acids is 2. The Hall–Kier alpha value is -3.64. The molecule has 2 aliphatic heterocycles. The third-order valence-corrected chi connectivity index (χ3v) is 6.51. The van der Waals surface area contributed by atoms with Gasteiger partial charge in [-0.15, -0.1) is 0 Å². The highest BCUT2D eigenvalue weighted by molar-refractivity contribution is 6.32. The van der Waals surface area contributed by atoms with E-state index in [9.17, 15) is 23.9 Å². The van der Waals surface area contributed by atoms with Crippen molar-refractivity contribution in [2.24, 2.45) is 0 Å². The van der Waals surface area contributed by atoms with Gasteiger partial charge in [0.2, 0.25) is 0 Å². The number of nitrogens with zero attached hydrogens (tertiary/aromatic N) is 4. The summed E-state index contributed by atoms with van der Waals surface area (Å²) in [5.74, 6) is -0.589. The van der Waals surface area contributed by atoms with Crippen molar-refractivity contribution >= 4 is 41.3 Å². The van der Waals surface area contributed by atoms with E-state index >= 15 is 0 Å². The fourth-order valence-electron chi connectivity index (χ4n) is 4.40. The minimum atomic E-state index is -1.20. The molecule has 0 bridgehead atoms. The predicted molar refractivity (Wildman–Crippen MR) is 138 cm³/mol. The van der Waals surface area contributed by atoms with E-state index in [1.54, 1.807) is 25.7 Å². The first-order valence-corrected chi connectivity index (χ1v) is 12.5. The molecule has 2 aromatic rings. The lowest BCUT2D eigenvalue weighted by Gasteiger charge is -2.32. The van der Waals surface area contributed by atoms with E-state index in [0.717, 1.165) is 15.9 Å². The third-order valence-electron chi connectivity index (χ3n) is 6.22. The smallest absolute Gasteiger partial charge is 0.413 e. The summed E-state index contributed by atoms with van der Waals surface area (Å²) in [5, 5.41) is 12.0. The summed E-state index contributed by atoms with van der Waals surface area (Å²) in [6.45, 7) is 6.86. The van der Waals surface area contributed by atoms with Crippen molar-refractivity contribution in [1.82, 2.24) is 14.8 Å². The van der Waals surface area contributed by atoms with Crippen LogP contribution in [0, 0.1) is 5.82 Å². The van der Waals surface area contributed by atoms with Gasteiger partial charge in [-0.1, -0.05) is 11.6 Å². The molecule has 2 fully saturated rings. The number of urea groups is 2. The number of carbonyl (C=O) groups is 3. The summed E-state index contributed by atoms with van der Waals surface area (Å²) in [6, 6.07) is 3.86. The van der Waals surface area contributed by atoms with Gasteiger partial charge in [0, 0.05) is 56.2 Å². The van der Waals surface area contributed by atoms with Gasteiger partial charge in [-0.05, 0) is 45.7 Å². The second kappa shape index (κ2) is 11.0. The number of hydrogen-bond donors (Lipinski definition) is 2.